The second-order valence-corrected chi connectivity index (χ2v) is 3.91. The van der Waals surface area contributed by atoms with E-state index in [-0.39, 0.29) is 17.2 Å². The van der Waals surface area contributed by atoms with Gasteiger partial charge in [0.15, 0.2) is 0 Å². The lowest BCUT2D eigenvalue weighted by Gasteiger charge is -2.12. The van der Waals surface area contributed by atoms with Gasteiger partial charge in [-0.3, -0.25) is 4.79 Å². The number of carbonyl (C=O) groups is 1. The fourth-order valence-corrected chi connectivity index (χ4v) is 1.71. The molecule has 0 atom stereocenters. The van der Waals surface area contributed by atoms with E-state index < -0.39 is 23.1 Å². The van der Waals surface area contributed by atoms with Crippen LogP contribution in [0.4, 0.5) is 14.5 Å². The van der Waals surface area contributed by atoms with E-state index in [1.54, 1.807) is 0 Å². The zero-order valence-corrected chi connectivity index (χ0v) is 10.5. The van der Waals surface area contributed by atoms with Gasteiger partial charge in [0.25, 0.3) is 5.91 Å². The number of nitrogens with one attached hydrogen (secondary N) is 1. The van der Waals surface area contributed by atoms with Crippen LogP contribution in [-0.4, -0.2) is 18.1 Å². The van der Waals surface area contributed by atoms with Crippen LogP contribution in [0.3, 0.4) is 0 Å². The first kappa shape index (κ1) is 13.8. The molecule has 2 aromatic rings. The Bertz CT molecular complexity index is 639. The molecular formula is C14H11F2NO3. The molecule has 20 heavy (non-hydrogen) atoms. The standard InChI is InChI=1S/C14H11F2NO3/c1-20-11-7-3-6-10(18)13(11)17-14(19)12-8(15)4-2-5-9(12)16/h2-7,18H,1H3,(H,17,19). The lowest BCUT2D eigenvalue weighted by atomic mass is 10.1. The SMILES string of the molecule is COc1cccc(O)c1NC(=O)c1c(F)cccc1F. The summed E-state index contributed by atoms with van der Waals surface area (Å²) in [6.45, 7) is 0. The van der Waals surface area contributed by atoms with E-state index in [2.05, 4.69) is 5.32 Å². The van der Waals surface area contributed by atoms with E-state index in [4.69, 9.17) is 4.74 Å². The third-order valence-corrected chi connectivity index (χ3v) is 2.65. The van der Waals surface area contributed by atoms with Crippen molar-refractivity contribution in [1.29, 1.82) is 0 Å². The van der Waals surface area contributed by atoms with Crippen LogP contribution in [0, 0.1) is 11.6 Å². The van der Waals surface area contributed by atoms with Gasteiger partial charge >= 0.3 is 0 Å². The number of aromatic hydroxyl groups is 1. The molecular weight excluding hydrogens is 268 g/mol. The van der Waals surface area contributed by atoms with Crippen molar-refractivity contribution in [3.05, 3.63) is 53.6 Å². The fraction of sp³-hybridized carbons (Fsp3) is 0.0714. The molecule has 0 fully saturated rings. The Hall–Kier alpha value is -2.63. The van der Waals surface area contributed by atoms with Gasteiger partial charge in [-0.2, -0.15) is 0 Å². The van der Waals surface area contributed by atoms with Gasteiger partial charge in [-0.25, -0.2) is 8.78 Å². The maximum Gasteiger partial charge on any atom is 0.261 e. The summed E-state index contributed by atoms with van der Waals surface area (Å²) < 4.78 is 31.9. The summed E-state index contributed by atoms with van der Waals surface area (Å²) >= 11 is 0. The lowest BCUT2D eigenvalue weighted by molar-refractivity contribution is 0.101. The molecule has 0 spiro atoms. The summed E-state index contributed by atoms with van der Waals surface area (Å²) in [5.74, 6) is -3.08. The number of carbonyl (C=O) groups excluding carboxylic acids is 1. The predicted molar refractivity (Wildman–Crippen MR) is 69.0 cm³/mol. The second-order valence-electron chi connectivity index (χ2n) is 3.91. The summed E-state index contributed by atoms with van der Waals surface area (Å²) in [5, 5.41) is 11.9. The summed E-state index contributed by atoms with van der Waals surface area (Å²) in [5.41, 5.74) is -0.777. The minimum Gasteiger partial charge on any atom is -0.506 e. The number of hydrogen-bond donors (Lipinski definition) is 2. The fourth-order valence-electron chi connectivity index (χ4n) is 1.71. The zero-order valence-electron chi connectivity index (χ0n) is 10.5. The normalized spacial score (nSPS) is 10.2. The molecule has 4 nitrogen and oxygen atoms in total. The Morgan fingerprint density at radius 3 is 2.35 bits per heavy atom. The Kier molecular flexibility index (Phi) is 3.84. The molecule has 2 aromatic carbocycles. The summed E-state index contributed by atoms with van der Waals surface area (Å²) in [6, 6.07) is 7.42. The van der Waals surface area contributed by atoms with Crippen LogP contribution in [0.2, 0.25) is 0 Å². The highest BCUT2D eigenvalue weighted by Crippen LogP contribution is 2.33. The van der Waals surface area contributed by atoms with Crippen molar-refractivity contribution in [1.82, 2.24) is 0 Å². The minimum absolute atomic E-state index is 0.0531. The van der Waals surface area contributed by atoms with E-state index >= 15 is 0 Å². The van der Waals surface area contributed by atoms with Crippen LogP contribution in [0.1, 0.15) is 10.4 Å². The monoisotopic (exact) mass is 279 g/mol. The van der Waals surface area contributed by atoms with Gasteiger partial charge in [0, 0.05) is 0 Å². The maximum atomic E-state index is 13.5. The third-order valence-electron chi connectivity index (χ3n) is 2.65. The van der Waals surface area contributed by atoms with E-state index in [1.165, 1.54) is 25.3 Å². The first-order valence-corrected chi connectivity index (χ1v) is 5.66. The largest absolute Gasteiger partial charge is 0.506 e. The van der Waals surface area contributed by atoms with Crippen LogP contribution in [0.15, 0.2) is 36.4 Å². The minimum atomic E-state index is -1.01. The summed E-state index contributed by atoms with van der Waals surface area (Å²) in [6.07, 6.45) is 0. The first-order valence-electron chi connectivity index (χ1n) is 5.66. The zero-order chi connectivity index (χ0) is 14.7. The first-order chi connectivity index (χ1) is 9.54. The topological polar surface area (TPSA) is 58.6 Å². The van der Waals surface area contributed by atoms with Gasteiger partial charge in [0.1, 0.15) is 34.4 Å². The van der Waals surface area contributed by atoms with Crippen molar-refractivity contribution >= 4 is 11.6 Å². The average Bonchev–Trinajstić information content (AvgIpc) is 2.41. The quantitative estimate of drug-likeness (QED) is 0.849. The number of hydrogen-bond acceptors (Lipinski definition) is 3. The van der Waals surface area contributed by atoms with Crippen molar-refractivity contribution in [2.45, 2.75) is 0 Å². The highest BCUT2D eigenvalue weighted by atomic mass is 19.1. The molecule has 1 amide bonds. The molecule has 0 radical (unpaired) electrons. The van der Waals surface area contributed by atoms with E-state index in [9.17, 15) is 18.7 Å². The molecule has 6 heteroatoms. The van der Waals surface area contributed by atoms with Crippen LogP contribution in [0.5, 0.6) is 11.5 Å². The molecule has 0 saturated heterocycles. The Morgan fingerprint density at radius 2 is 1.75 bits per heavy atom. The van der Waals surface area contributed by atoms with Crippen molar-refractivity contribution in [3.8, 4) is 11.5 Å². The number of para-hydroxylation sites is 1. The highest BCUT2D eigenvalue weighted by Gasteiger charge is 2.19. The predicted octanol–water partition coefficient (Wildman–Crippen LogP) is 2.93. The van der Waals surface area contributed by atoms with Gasteiger partial charge < -0.3 is 15.2 Å². The maximum absolute atomic E-state index is 13.5. The lowest BCUT2D eigenvalue weighted by Crippen LogP contribution is -2.16. The molecule has 0 aliphatic carbocycles. The van der Waals surface area contributed by atoms with E-state index in [0.29, 0.717) is 0 Å². The molecule has 0 bridgehead atoms. The van der Waals surface area contributed by atoms with Crippen LogP contribution in [-0.2, 0) is 0 Å². The van der Waals surface area contributed by atoms with E-state index in [0.717, 1.165) is 18.2 Å². The number of anilines is 1. The van der Waals surface area contributed by atoms with Crippen molar-refractivity contribution in [2.75, 3.05) is 12.4 Å². The number of rotatable bonds is 3. The van der Waals surface area contributed by atoms with Crippen LogP contribution >= 0.6 is 0 Å². The number of halogens is 2. The Labute approximate surface area is 113 Å². The average molecular weight is 279 g/mol. The second kappa shape index (κ2) is 5.56. The third kappa shape index (κ3) is 2.54. The van der Waals surface area contributed by atoms with Crippen molar-refractivity contribution in [3.63, 3.8) is 0 Å². The van der Waals surface area contributed by atoms with Gasteiger partial charge in [0.2, 0.25) is 0 Å². The highest BCUT2D eigenvalue weighted by molar-refractivity contribution is 6.06. The number of ether oxygens (including phenoxy) is 1. The Morgan fingerprint density at radius 1 is 1.15 bits per heavy atom. The number of phenolic OH excluding ortho intramolecular Hbond substituents is 1. The van der Waals surface area contributed by atoms with E-state index in [1.807, 2.05) is 0 Å². The molecule has 0 heterocycles. The molecule has 0 aliphatic heterocycles. The Balaban J connectivity index is 2.38. The van der Waals surface area contributed by atoms with Gasteiger partial charge in [-0.15, -0.1) is 0 Å². The smallest absolute Gasteiger partial charge is 0.261 e. The van der Waals surface area contributed by atoms with Crippen LogP contribution < -0.4 is 10.1 Å². The van der Waals surface area contributed by atoms with Gasteiger partial charge in [-0.1, -0.05) is 12.1 Å². The van der Waals surface area contributed by atoms with Crippen LogP contribution in [0.25, 0.3) is 0 Å². The van der Waals surface area contributed by atoms with Gasteiger partial charge in [-0.05, 0) is 24.3 Å². The molecule has 2 rings (SSSR count). The summed E-state index contributed by atoms with van der Waals surface area (Å²) in [7, 11) is 1.34. The molecule has 0 unspecified atom stereocenters. The number of amides is 1. The van der Waals surface area contributed by atoms with Crippen molar-refractivity contribution in [2.24, 2.45) is 0 Å². The molecule has 2 N–H and O–H groups in total. The number of methoxy groups -OCH3 is 1. The molecule has 0 aliphatic rings. The van der Waals surface area contributed by atoms with Gasteiger partial charge in [0.05, 0.1) is 7.11 Å². The molecule has 104 valence electrons. The molecule has 0 aromatic heterocycles. The van der Waals surface area contributed by atoms with Crippen molar-refractivity contribution < 1.29 is 23.4 Å². The number of benzene rings is 2. The molecule has 0 saturated carbocycles. The summed E-state index contributed by atoms with van der Waals surface area (Å²) in [4.78, 5) is 11.9. The number of phenols is 1.